The minimum absolute atomic E-state index is 0.117. The summed E-state index contributed by atoms with van der Waals surface area (Å²) in [6.45, 7) is 6.99. The van der Waals surface area contributed by atoms with Crippen molar-refractivity contribution in [2.24, 2.45) is 0 Å². The highest BCUT2D eigenvalue weighted by Crippen LogP contribution is 2.00. The van der Waals surface area contributed by atoms with Crippen molar-refractivity contribution in [3.05, 3.63) is 0 Å². The largest absolute Gasteiger partial charge is 0.378 e. The highest BCUT2D eigenvalue weighted by atomic mass is 35.5. The molecule has 0 aromatic carbocycles. The maximum atomic E-state index is 8.67. The van der Waals surface area contributed by atoms with Crippen molar-refractivity contribution in [3.63, 3.8) is 0 Å². The lowest BCUT2D eigenvalue weighted by atomic mass is 10.1. The van der Waals surface area contributed by atoms with Gasteiger partial charge in [0.2, 0.25) is 0 Å². The fourth-order valence-electron chi connectivity index (χ4n) is 0.566. The van der Waals surface area contributed by atoms with E-state index in [0.29, 0.717) is 6.42 Å². The molecule has 0 bridgehead atoms. The summed E-state index contributed by atoms with van der Waals surface area (Å²) in [7, 11) is 0. The highest BCUT2D eigenvalue weighted by Gasteiger charge is 2.08. The Morgan fingerprint density at radius 1 is 1.50 bits per heavy atom. The molecule has 62 valence electrons. The molecule has 10 heavy (non-hydrogen) atoms. The van der Waals surface area contributed by atoms with Gasteiger partial charge in [-0.25, -0.2) is 0 Å². The smallest absolute Gasteiger partial charge is 0.129 e. The van der Waals surface area contributed by atoms with E-state index in [1.165, 1.54) is 0 Å². The van der Waals surface area contributed by atoms with E-state index in [0.717, 1.165) is 6.54 Å². The summed E-state index contributed by atoms with van der Waals surface area (Å²) in [5.74, 6) is 0. The molecule has 0 aliphatic heterocycles. The van der Waals surface area contributed by atoms with Gasteiger partial charge in [0, 0.05) is 5.54 Å². The molecule has 0 fully saturated rings. The zero-order valence-corrected chi connectivity index (χ0v) is 7.57. The van der Waals surface area contributed by atoms with Crippen molar-refractivity contribution in [3.8, 4) is 0 Å². The fraction of sp³-hybridized carbons (Fsp3) is 1.00. The normalized spacial score (nSPS) is 15.3. The Morgan fingerprint density at radius 2 is 2.00 bits per heavy atom. The summed E-state index contributed by atoms with van der Waals surface area (Å²) in [4.78, 5) is 0. The zero-order chi connectivity index (χ0) is 8.20. The van der Waals surface area contributed by atoms with Gasteiger partial charge in [-0.15, -0.1) is 0 Å². The van der Waals surface area contributed by atoms with Gasteiger partial charge in [-0.1, -0.05) is 11.6 Å². The van der Waals surface area contributed by atoms with E-state index in [1.54, 1.807) is 0 Å². The van der Waals surface area contributed by atoms with Crippen molar-refractivity contribution >= 4 is 11.6 Å². The zero-order valence-electron chi connectivity index (χ0n) is 6.82. The van der Waals surface area contributed by atoms with Gasteiger partial charge in [-0.2, -0.15) is 0 Å². The van der Waals surface area contributed by atoms with Crippen LogP contribution in [0.15, 0.2) is 0 Å². The van der Waals surface area contributed by atoms with Crippen LogP contribution in [-0.4, -0.2) is 22.8 Å². The average molecular weight is 166 g/mol. The molecule has 0 spiro atoms. The molecule has 2 nitrogen and oxygen atoms in total. The van der Waals surface area contributed by atoms with Gasteiger partial charge in [0.1, 0.15) is 5.56 Å². The SMILES string of the molecule is CC(C)(C)NCCC(O)Cl. The topological polar surface area (TPSA) is 32.3 Å². The van der Waals surface area contributed by atoms with Crippen LogP contribution in [0.1, 0.15) is 27.2 Å². The van der Waals surface area contributed by atoms with E-state index in [9.17, 15) is 0 Å². The Labute approximate surface area is 67.6 Å². The Morgan fingerprint density at radius 3 is 2.30 bits per heavy atom. The number of rotatable bonds is 3. The summed E-state index contributed by atoms with van der Waals surface area (Å²) in [5.41, 5.74) is -0.596. The maximum absolute atomic E-state index is 8.67. The highest BCUT2D eigenvalue weighted by molar-refractivity contribution is 6.19. The second kappa shape index (κ2) is 4.16. The second-order valence-corrected chi connectivity index (χ2v) is 3.90. The lowest BCUT2D eigenvalue weighted by Crippen LogP contribution is -2.37. The van der Waals surface area contributed by atoms with E-state index in [1.807, 2.05) is 0 Å². The lowest BCUT2D eigenvalue weighted by molar-refractivity contribution is 0.238. The van der Waals surface area contributed by atoms with Gasteiger partial charge >= 0.3 is 0 Å². The number of alkyl halides is 1. The summed E-state index contributed by atoms with van der Waals surface area (Å²) >= 11 is 5.32. The number of hydrogen-bond acceptors (Lipinski definition) is 2. The molecule has 0 aliphatic carbocycles. The molecule has 0 heterocycles. The van der Waals surface area contributed by atoms with Crippen LogP contribution in [0.5, 0.6) is 0 Å². The molecular weight excluding hydrogens is 150 g/mol. The van der Waals surface area contributed by atoms with Gasteiger partial charge < -0.3 is 10.4 Å². The summed E-state index contributed by atoms with van der Waals surface area (Å²) in [5, 5.41) is 11.9. The van der Waals surface area contributed by atoms with E-state index >= 15 is 0 Å². The number of nitrogens with one attached hydrogen (secondary N) is 1. The Kier molecular flexibility index (Phi) is 4.25. The van der Waals surface area contributed by atoms with Gasteiger partial charge in [-0.3, -0.25) is 0 Å². The first-order chi connectivity index (χ1) is 4.42. The first kappa shape index (κ1) is 10.2. The lowest BCUT2D eigenvalue weighted by Gasteiger charge is -2.20. The number of halogens is 1. The molecule has 0 aliphatic rings. The maximum Gasteiger partial charge on any atom is 0.129 e. The summed E-state index contributed by atoms with van der Waals surface area (Å²) in [6, 6.07) is 0. The van der Waals surface area contributed by atoms with E-state index < -0.39 is 5.56 Å². The monoisotopic (exact) mass is 165 g/mol. The van der Waals surface area contributed by atoms with Gasteiger partial charge in [0.25, 0.3) is 0 Å². The van der Waals surface area contributed by atoms with Crippen LogP contribution in [-0.2, 0) is 0 Å². The predicted octanol–water partition coefficient (Wildman–Crippen LogP) is 1.32. The van der Waals surface area contributed by atoms with Gasteiger partial charge in [0.05, 0.1) is 0 Å². The van der Waals surface area contributed by atoms with Crippen LogP contribution in [0.2, 0.25) is 0 Å². The summed E-state index contributed by atoms with van der Waals surface area (Å²) in [6.07, 6.45) is 0.596. The van der Waals surface area contributed by atoms with E-state index in [2.05, 4.69) is 26.1 Å². The van der Waals surface area contributed by atoms with Crippen LogP contribution in [0, 0.1) is 0 Å². The molecule has 0 radical (unpaired) electrons. The quantitative estimate of drug-likeness (QED) is 0.619. The van der Waals surface area contributed by atoms with Crippen LogP contribution in [0.3, 0.4) is 0 Å². The van der Waals surface area contributed by atoms with Crippen LogP contribution < -0.4 is 5.32 Å². The predicted molar refractivity (Wildman–Crippen MR) is 44.2 cm³/mol. The minimum Gasteiger partial charge on any atom is -0.378 e. The van der Waals surface area contributed by atoms with Crippen molar-refractivity contribution in [1.29, 1.82) is 0 Å². The van der Waals surface area contributed by atoms with Gasteiger partial charge in [-0.05, 0) is 33.7 Å². The third-order valence-corrected chi connectivity index (χ3v) is 1.26. The van der Waals surface area contributed by atoms with Crippen molar-refractivity contribution in [1.82, 2.24) is 5.32 Å². The van der Waals surface area contributed by atoms with E-state index in [4.69, 9.17) is 16.7 Å². The van der Waals surface area contributed by atoms with Crippen LogP contribution >= 0.6 is 11.6 Å². The third-order valence-electron chi connectivity index (χ3n) is 1.04. The number of aliphatic hydroxyl groups excluding tert-OH is 1. The molecule has 0 aromatic rings. The van der Waals surface area contributed by atoms with Crippen molar-refractivity contribution in [2.75, 3.05) is 6.54 Å². The molecule has 1 atom stereocenters. The number of hydrogen-bond donors (Lipinski definition) is 2. The molecule has 2 N–H and O–H groups in total. The van der Waals surface area contributed by atoms with Crippen molar-refractivity contribution < 1.29 is 5.11 Å². The molecule has 0 amide bonds. The Bertz CT molecular complexity index is 88.1. The first-order valence-corrected chi connectivity index (χ1v) is 3.92. The molecule has 3 heteroatoms. The Hall–Kier alpha value is 0.210. The minimum atomic E-state index is -0.713. The first-order valence-electron chi connectivity index (χ1n) is 3.49. The molecule has 0 rings (SSSR count). The second-order valence-electron chi connectivity index (χ2n) is 3.40. The molecule has 0 aromatic heterocycles. The molecule has 0 saturated carbocycles. The van der Waals surface area contributed by atoms with Crippen LogP contribution in [0.4, 0.5) is 0 Å². The summed E-state index contributed by atoms with van der Waals surface area (Å²) < 4.78 is 0. The molecule has 0 saturated heterocycles. The molecular formula is C7H16ClNO. The fourth-order valence-corrected chi connectivity index (χ4v) is 0.675. The van der Waals surface area contributed by atoms with Gasteiger partial charge in [0.15, 0.2) is 0 Å². The molecule has 1 unspecified atom stereocenters. The average Bonchev–Trinajstić information content (AvgIpc) is 1.59. The Balaban J connectivity index is 3.21. The van der Waals surface area contributed by atoms with E-state index in [-0.39, 0.29) is 5.54 Å². The van der Waals surface area contributed by atoms with Crippen LogP contribution in [0.25, 0.3) is 0 Å². The third kappa shape index (κ3) is 8.21. The van der Waals surface area contributed by atoms with Crippen molar-refractivity contribution in [2.45, 2.75) is 38.3 Å². The standard InChI is InChI=1S/C7H16ClNO/c1-7(2,3)9-5-4-6(8)10/h6,9-10H,4-5H2,1-3H3. The number of aliphatic hydroxyl groups is 1.